The van der Waals surface area contributed by atoms with Crippen LogP contribution in [-0.2, 0) is 0 Å². The molecule has 0 bridgehead atoms. The highest BCUT2D eigenvalue weighted by Crippen LogP contribution is 2.22. The number of aliphatic imine (C=N–C) groups is 1. The highest BCUT2D eigenvalue weighted by Gasteiger charge is 2.28. The van der Waals surface area contributed by atoms with Crippen molar-refractivity contribution in [2.45, 2.75) is 33.4 Å². The maximum Gasteiger partial charge on any atom is 0.126 e. The van der Waals surface area contributed by atoms with Gasteiger partial charge in [-0.05, 0) is 0 Å². The van der Waals surface area contributed by atoms with E-state index in [-0.39, 0.29) is 11.6 Å². The fourth-order valence-electron chi connectivity index (χ4n) is 1.28. The Morgan fingerprint density at radius 3 is 2.43 bits per heavy atom. The van der Waals surface area contributed by atoms with Gasteiger partial charge in [0.2, 0.25) is 0 Å². The molecule has 1 unspecified atom stereocenters. The van der Waals surface area contributed by atoms with Gasteiger partial charge < -0.3 is 10.2 Å². The SMILES string of the molecule is CN(C)C1=NC(C(C)(C)C)NC(=N)C1. The van der Waals surface area contributed by atoms with E-state index in [1.54, 1.807) is 0 Å². The van der Waals surface area contributed by atoms with Crippen LogP contribution in [-0.4, -0.2) is 36.8 Å². The van der Waals surface area contributed by atoms with Gasteiger partial charge in [0.25, 0.3) is 0 Å². The zero-order valence-electron chi connectivity index (χ0n) is 9.68. The highest BCUT2D eigenvalue weighted by atomic mass is 15.2. The van der Waals surface area contributed by atoms with Crippen LogP contribution in [0.3, 0.4) is 0 Å². The molecular weight excluding hydrogens is 176 g/mol. The summed E-state index contributed by atoms with van der Waals surface area (Å²) in [4.78, 5) is 6.57. The molecule has 0 saturated heterocycles. The van der Waals surface area contributed by atoms with E-state index in [9.17, 15) is 0 Å². The third-order valence-electron chi connectivity index (χ3n) is 2.26. The minimum absolute atomic E-state index is 0.0150. The van der Waals surface area contributed by atoms with Crippen molar-refractivity contribution in [3.05, 3.63) is 0 Å². The van der Waals surface area contributed by atoms with E-state index >= 15 is 0 Å². The molecule has 4 heteroatoms. The number of rotatable bonds is 0. The average Bonchev–Trinajstić information content (AvgIpc) is 2.01. The first-order valence-electron chi connectivity index (χ1n) is 4.88. The monoisotopic (exact) mass is 196 g/mol. The summed E-state index contributed by atoms with van der Waals surface area (Å²) in [5.41, 5.74) is 0.0496. The Morgan fingerprint density at radius 1 is 1.43 bits per heavy atom. The van der Waals surface area contributed by atoms with E-state index in [0.29, 0.717) is 12.3 Å². The lowest BCUT2D eigenvalue weighted by molar-refractivity contribution is 0.297. The third-order valence-corrected chi connectivity index (χ3v) is 2.26. The molecule has 0 aromatic heterocycles. The van der Waals surface area contributed by atoms with Crippen molar-refractivity contribution in [1.82, 2.24) is 10.2 Å². The Bertz CT molecular complexity index is 260. The number of amidine groups is 2. The van der Waals surface area contributed by atoms with Crippen molar-refractivity contribution in [1.29, 1.82) is 5.41 Å². The molecule has 1 rings (SSSR count). The molecule has 0 aromatic rings. The van der Waals surface area contributed by atoms with Gasteiger partial charge in [-0.25, -0.2) is 4.99 Å². The van der Waals surface area contributed by atoms with E-state index < -0.39 is 0 Å². The molecule has 0 aromatic carbocycles. The predicted molar refractivity (Wildman–Crippen MR) is 59.8 cm³/mol. The molecule has 1 aliphatic heterocycles. The summed E-state index contributed by atoms with van der Waals surface area (Å²) in [6.45, 7) is 6.38. The van der Waals surface area contributed by atoms with E-state index in [4.69, 9.17) is 5.41 Å². The molecule has 0 fully saturated rings. The lowest BCUT2D eigenvalue weighted by Crippen LogP contribution is -2.48. The van der Waals surface area contributed by atoms with Crippen LogP contribution in [0.25, 0.3) is 0 Å². The fourth-order valence-corrected chi connectivity index (χ4v) is 1.28. The average molecular weight is 196 g/mol. The second kappa shape index (κ2) is 3.59. The molecular formula is C10H20N4. The lowest BCUT2D eigenvalue weighted by atomic mass is 9.91. The number of nitrogens with zero attached hydrogens (tertiary/aromatic N) is 2. The third kappa shape index (κ3) is 2.47. The van der Waals surface area contributed by atoms with Gasteiger partial charge >= 0.3 is 0 Å². The Labute approximate surface area is 85.9 Å². The van der Waals surface area contributed by atoms with Crippen LogP contribution in [0.1, 0.15) is 27.2 Å². The molecule has 0 aliphatic carbocycles. The van der Waals surface area contributed by atoms with Crippen LogP contribution in [0.4, 0.5) is 0 Å². The Balaban J connectivity index is 2.89. The van der Waals surface area contributed by atoms with E-state index in [1.165, 1.54) is 0 Å². The van der Waals surface area contributed by atoms with Crippen LogP contribution in [0.2, 0.25) is 0 Å². The van der Waals surface area contributed by atoms with Crippen molar-refractivity contribution in [3.63, 3.8) is 0 Å². The summed E-state index contributed by atoms with van der Waals surface area (Å²) in [6, 6.07) is 0. The van der Waals surface area contributed by atoms with Crippen molar-refractivity contribution >= 4 is 11.7 Å². The number of hydrogen-bond acceptors (Lipinski definition) is 3. The largest absolute Gasteiger partial charge is 0.366 e. The zero-order chi connectivity index (χ0) is 10.9. The highest BCUT2D eigenvalue weighted by molar-refractivity contribution is 6.02. The normalized spacial score (nSPS) is 22.8. The molecule has 14 heavy (non-hydrogen) atoms. The first-order valence-corrected chi connectivity index (χ1v) is 4.88. The van der Waals surface area contributed by atoms with Gasteiger partial charge in [-0.3, -0.25) is 5.41 Å². The van der Waals surface area contributed by atoms with Crippen LogP contribution in [0.5, 0.6) is 0 Å². The van der Waals surface area contributed by atoms with Gasteiger partial charge in [0.15, 0.2) is 0 Å². The Hall–Kier alpha value is -1.06. The molecule has 1 atom stereocenters. The molecule has 2 N–H and O–H groups in total. The van der Waals surface area contributed by atoms with E-state index in [1.807, 2.05) is 19.0 Å². The maximum atomic E-state index is 7.70. The van der Waals surface area contributed by atoms with Crippen molar-refractivity contribution in [3.8, 4) is 0 Å². The van der Waals surface area contributed by atoms with Gasteiger partial charge in [-0.1, -0.05) is 20.8 Å². The zero-order valence-corrected chi connectivity index (χ0v) is 9.68. The summed E-state index contributed by atoms with van der Waals surface area (Å²) < 4.78 is 0. The molecule has 0 radical (unpaired) electrons. The summed E-state index contributed by atoms with van der Waals surface area (Å²) >= 11 is 0. The van der Waals surface area contributed by atoms with Gasteiger partial charge in [0.05, 0.1) is 6.42 Å². The standard InChI is InChI=1S/C10H20N4/c1-10(2,3)9-12-7(11)6-8(13-9)14(4)5/h9H,6H2,1-5H3,(H2,11,12). The lowest BCUT2D eigenvalue weighted by Gasteiger charge is -2.34. The number of nitrogens with one attached hydrogen (secondary N) is 2. The van der Waals surface area contributed by atoms with E-state index in [0.717, 1.165) is 5.84 Å². The molecule has 1 heterocycles. The predicted octanol–water partition coefficient (Wildman–Crippen LogP) is 1.29. The first kappa shape index (κ1) is 11.0. The summed E-state index contributed by atoms with van der Waals surface area (Å²) in [5.74, 6) is 1.54. The quantitative estimate of drug-likeness (QED) is 0.613. The molecule has 0 spiro atoms. The molecule has 0 saturated carbocycles. The minimum atomic E-state index is 0.0150. The number of hydrogen-bond donors (Lipinski definition) is 2. The summed E-state index contributed by atoms with van der Waals surface area (Å²) in [5, 5.41) is 10.8. The van der Waals surface area contributed by atoms with Crippen molar-refractivity contribution in [2.75, 3.05) is 14.1 Å². The van der Waals surface area contributed by atoms with Crippen LogP contribution in [0.15, 0.2) is 4.99 Å². The Morgan fingerprint density at radius 2 is 2.00 bits per heavy atom. The van der Waals surface area contributed by atoms with Crippen LogP contribution >= 0.6 is 0 Å². The fraction of sp³-hybridized carbons (Fsp3) is 0.800. The maximum absolute atomic E-state index is 7.70. The summed E-state index contributed by atoms with van der Waals surface area (Å²) in [6.07, 6.45) is 0.626. The van der Waals surface area contributed by atoms with Gasteiger partial charge in [0, 0.05) is 19.5 Å². The van der Waals surface area contributed by atoms with Crippen LogP contribution in [0, 0.1) is 10.8 Å². The van der Waals surface area contributed by atoms with Crippen molar-refractivity contribution in [2.24, 2.45) is 10.4 Å². The van der Waals surface area contributed by atoms with Crippen molar-refractivity contribution < 1.29 is 0 Å². The molecule has 1 aliphatic rings. The summed E-state index contributed by atoms with van der Waals surface area (Å²) in [7, 11) is 3.94. The van der Waals surface area contributed by atoms with Gasteiger partial charge in [-0.2, -0.15) is 0 Å². The molecule has 80 valence electrons. The second-order valence-electron chi connectivity index (χ2n) is 5.01. The van der Waals surface area contributed by atoms with Gasteiger partial charge in [0.1, 0.15) is 17.8 Å². The van der Waals surface area contributed by atoms with Crippen LogP contribution < -0.4 is 5.32 Å². The second-order valence-corrected chi connectivity index (χ2v) is 5.01. The first-order chi connectivity index (χ1) is 6.30. The van der Waals surface area contributed by atoms with E-state index in [2.05, 4.69) is 31.1 Å². The minimum Gasteiger partial charge on any atom is -0.366 e. The molecule has 0 amide bonds. The molecule has 4 nitrogen and oxygen atoms in total. The van der Waals surface area contributed by atoms with Gasteiger partial charge in [-0.15, -0.1) is 0 Å². The smallest absolute Gasteiger partial charge is 0.126 e. The Kier molecular flexibility index (Phi) is 2.83. The topological polar surface area (TPSA) is 51.5 Å².